The molecule has 2 aromatic carbocycles. The summed E-state index contributed by atoms with van der Waals surface area (Å²) in [5.41, 5.74) is 4.22. The van der Waals surface area contributed by atoms with Crippen molar-refractivity contribution in [1.29, 1.82) is 0 Å². The second-order valence-electron chi connectivity index (χ2n) is 5.54. The lowest BCUT2D eigenvalue weighted by Crippen LogP contribution is -2.06. The summed E-state index contributed by atoms with van der Waals surface area (Å²) in [6, 6.07) is 14.8. The zero-order valence-electron chi connectivity index (χ0n) is 12.3. The van der Waals surface area contributed by atoms with Crippen LogP contribution in [0.5, 0.6) is 0 Å². The van der Waals surface area contributed by atoms with Crippen LogP contribution in [-0.4, -0.2) is 25.4 Å². The first-order valence-electron chi connectivity index (χ1n) is 7.38. The number of aromatic nitrogens is 4. The van der Waals surface area contributed by atoms with E-state index in [2.05, 4.69) is 15.1 Å². The van der Waals surface area contributed by atoms with Crippen molar-refractivity contribution in [3.05, 3.63) is 71.0 Å². The van der Waals surface area contributed by atoms with E-state index < -0.39 is 0 Å². The maximum absolute atomic E-state index is 13.0. The molecule has 6 heteroatoms. The topological polar surface area (TPSA) is 60.2 Å². The first kappa shape index (κ1) is 13.4. The Bertz CT molecular complexity index is 1130. The third-order valence-electron chi connectivity index (χ3n) is 4.20. The Hall–Kier alpha value is -3.05. The Balaban J connectivity index is 1.93. The number of halogens is 1. The van der Waals surface area contributed by atoms with Gasteiger partial charge in [-0.15, -0.1) is 0 Å². The van der Waals surface area contributed by atoms with Crippen LogP contribution in [-0.2, 0) is 0 Å². The summed E-state index contributed by atoms with van der Waals surface area (Å²) in [6.45, 7) is 0. The monoisotopic (exact) mass is 332 g/mol. The second kappa shape index (κ2) is 4.72. The first-order valence-corrected chi connectivity index (χ1v) is 7.75. The van der Waals surface area contributed by atoms with Crippen LogP contribution in [0.25, 0.3) is 28.3 Å². The summed E-state index contributed by atoms with van der Waals surface area (Å²) < 4.78 is 1.60. The molecule has 0 unspecified atom stereocenters. The fraction of sp³-hybridized carbons (Fsp3) is 0. The van der Waals surface area contributed by atoms with Crippen molar-refractivity contribution in [1.82, 2.24) is 19.6 Å². The molecule has 0 atom stereocenters. The molecule has 0 bridgehead atoms. The zero-order valence-corrected chi connectivity index (χ0v) is 13.0. The number of nitrogens with zero attached hydrogens (tertiary/aromatic N) is 4. The van der Waals surface area contributed by atoms with Crippen molar-refractivity contribution in [2.45, 2.75) is 0 Å². The van der Waals surface area contributed by atoms with Gasteiger partial charge in [-0.25, -0.2) is 4.98 Å². The Morgan fingerprint density at radius 1 is 0.958 bits per heavy atom. The minimum atomic E-state index is -0.0459. The lowest BCUT2D eigenvalue weighted by Gasteiger charge is -2.09. The fourth-order valence-electron chi connectivity index (χ4n) is 3.15. The van der Waals surface area contributed by atoms with E-state index in [0.717, 1.165) is 11.1 Å². The fourth-order valence-corrected chi connectivity index (χ4v) is 3.28. The van der Waals surface area contributed by atoms with Gasteiger partial charge < -0.3 is 0 Å². The van der Waals surface area contributed by atoms with E-state index in [9.17, 15) is 4.79 Å². The molecule has 5 rings (SSSR count). The SMILES string of the molecule is O=C1c2ccccc2-c2nc3ncnn3c(-c3ccc(Cl)cc3)c21. The summed E-state index contributed by atoms with van der Waals surface area (Å²) in [6.07, 6.45) is 1.44. The number of fused-ring (bicyclic) bond motifs is 4. The van der Waals surface area contributed by atoms with E-state index in [4.69, 9.17) is 11.6 Å². The molecule has 0 saturated carbocycles. The van der Waals surface area contributed by atoms with E-state index in [-0.39, 0.29) is 5.78 Å². The molecule has 24 heavy (non-hydrogen) atoms. The molecule has 0 radical (unpaired) electrons. The molecule has 0 amide bonds. The molecular weight excluding hydrogens is 324 g/mol. The molecule has 1 aliphatic carbocycles. The van der Waals surface area contributed by atoms with Crippen molar-refractivity contribution in [3.63, 3.8) is 0 Å². The smallest absolute Gasteiger partial charge is 0.253 e. The highest BCUT2D eigenvalue weighted by Crippen LogP contribution is 2.40. The highest BCUT2D eigenvalue weighted by atomic mass is 35.5. The predicted octanol–water partition coefficient (Wildman–Crippen LogP) is 3.66. The van der Waals surface area contributed by atoms with Crippen molar-refractivity contribution in [3.8, 4) is 22.5 Å². The Morgan fingerprint density at radius 3 is 2.50 bits per heavy atom. The first-order chi connectivity index (χ1) is 11.7. The van der Waals surface area contributed by atoms with Crippen LogP contribution >= 0.6 is 11.6 Å². The summed E-state index contributed by atoms with van der Waals surface area (Å²) in [5, 5.41) is 4.88. The number of ketones is 1. The largest absolute Gasteiger partial charge is 0.288 e. The molecule has 0 fully saturated rings. The van der Waals surface area contributed by atoms with Gasteiger partial charge in [0.05, 0.1) is 17.0 Å². The number of carbonyl (C=O) groups excluding carboxylic acids is 1. The van der Waals surface area contributed by atoms with Gasteiger partial charge >= 0.3 is 0 Å². The van der Waals surface area contributed by atoms with E-state index in [1.54, 1.807) is 16.6 Å². The van der Waals surface area contributed by atoms with Crippen LogP contribution in [0.4, 0.5) is 0 Å². The molecule has 0 spiro atoms. The molecule has 4 aromatic rings. The quantitative estimate of drug-likeness (QED) is 0.470. The maximum atomic E-state index is 13.0. The summed E-state index contributed by atoms with van der Waals surface area (Å²) in [7, 11) is 0. The van der Waals surface area contributed by atoms with Crippen LogP contribution in [0.15, 0.2) is 54.9 Å². The van der Waals surface area contributed by atoms with E-state index in [1.165, 1.54) is 6.33 Å². The molecule has 114 valence electrons. The van der Waals surface area contributed by atoms with Gasteiger partial charge in [0.2, 0.25) is 0 Å². The summed E-state index contributed by atoms with van der Waals surface area (Å²) in [4.78, 5) is 21.7. The number of rotatable bonds is 1. The molecule has 0 aliphatic heterocycles. The molecule has 2 aromatic heterocycles. The van der Waals surface area contributed by atoms with E-state index in [1.807, 2.05) is 36.4 Å². The van der Waals surface area contributed by atoms with Gasteiger partial charge in [0.15, 0.2) is 5.78 Å². The van der Waals surface area contributed by atoms with Crippen LogP contribution in [0.3, 0.4) is 0 Å². The van der Waals surface area contributed by atoms with Gasteiger partial charge in [-0.1, -0.05) is 48.0 Å². The average molecular weight is 333 g/mol. The third kappa shape index (κ3) is 1.70. The minimum absolute atomic E-state index is 0.0459. The Labute approximate surface area is 141 Å². The molecule has 1 aliphatic rings. The van der Waals surface area contributed by atoms with Gasteiger partial charge in [-0.3, -0.25) is 4.79 Å². The highest BCUT2D eigenvalue weighted by molar-refractivity contribution is 6.30. The van der Waals surface area contributed by atoms with Crippen LogP contribution in [0.2, 0.25) is 5.02 Å². The minimum Gasteiger partial charge on any atom is -0.288 e. The molecule has 0 saturated heterocycles. The molecule has 5 nitrogen and oxygen atoms in total. The van der Waals surface area contributed by atoms with Gasteiger partial charge in [0.1, 0.15) is 6.33 Å². The van der Waals surface area contributed by atoms with Crippen molar-refractivity contribution >= 4 is 23.2 Å². The van der Waals surface area contributed by atoms with E-state index >= 15 is 0 Å². The molecular formula is C18H9ClN4O. The summed E-state index contributed by atoms with van der Waals surface area (Å²) in [5.74, 6) is 0.415. The third-order valence-corrected chi connectivity index (χ3v) is 4.45. The van der Waals surface area contributed by atoms with Crippen LogP contribution in [0.1, 0.15) is 15.9 Å². The molecule has 2 heterocycles. The number of hydrogen-bond acceptors (Lipinski definition) is 4. The highest BCUT2D eigenvalue weighted by Gasteiger charge is 2.33. The van der Waals surface area contributed by atoms with Crippen LogP contribution in [0, 0.1) is 0 Å². The number of benzene rings is 2. The van der Waals surface area contributed by atoms with Crippen LogP contribution < -0.4 is 0 Å². The molecule has 0 N–H and O–H groups in total. The lowest BCUT2D eigenvalue weighted by molar-refractivity contribution is 0.104. The lowest BCUT2D eigenvalue weighted by atomic mass is 10.0. The average Bonchev–Trinajstić information content (AvgIpc) is 3.18. The van der Waals surface area contributed by atoms with Crippen molar-refractivity contribution in [2.24, 2.45) is 0 Å². The second-order valence-corrected chi connectivity index (χ2v) is 5.97. The Morgan fingerprint density at radius 2 is 1.71 bits per heavy atom. The number of carbonyl (C=O) groups is 1. The zero-order chi connectivity index (χ0) is 16.3. The van der Waals surface area contributed by atoms with E-state index in [0.29, 0.717) is 33.3 Å². The predicted molar refractivity (Wildman–Crippen MR) is 90.1 cm³/mol. The normalized spacial score (nSPS) is 12.5. The van der Waals surface area contributed by atoms with Gasteiger partial charge in [0, 0.05) is 21.7 Å². The maximum Gasteiger partial charge on any atom is 0.253 e. The summed E-state index contributed by atoms with van der Waals surface area (Å²) >= 11 is 6.00. The van der Waals surface area contributed by atoms with Gasteiger partial charge in [-0.2, -0.15) is 14.6 Å². The number of hydrogen-bond donors (Lipinski definition) is 0. The van der Waals surface area contributed by atoms with Gasteiger partial charge in [0.25, 0.3) is 5.78 Å². The van der Waals surface area contributed by atoms with Crippen molar-refractivity contribution < 1.29 is 4.79 Å². The standard InChI is InChI=1S/C18H9ClN4O/c19-11-7-5-10(6-8-11)16-14-15(22-18-20-9-21-23(16)18)12-3-1-2-4-13(12)17(14)24/h1-9H. The Kier molecular flexibility index (Phi) is 2.64. The van der Waals surface area contributed by atoms with Crippen molar-refractivity contribution in [2.75, 3.05) is 0 Å². The van der Waals surface area contributed by atoms with Gasteiger partial charge in [-0.05, 0) is 12.1 Å².